The lowest BCUT2D eigenvalue weighted by Gasteiger charge is -2.30. The second-order valence-electron chi connectivity index (χ2n) is 6.15. The molecule has 0 saturated carbocycles. The summed E-state index contributed by atoms with van der Waals surface area (Å²) >= 11 is 6.01. The molecule has 1 aliphatic heterocycles. The first-order chi connectivity index (χ1) is 12.3. The van der Waals surface area contributed by atoms with Gasteiger partial charge in [-0.2, -0.15) is 0 Å². The fourth-order valence-corrected chi connectivity index (χ4v) is 2.73. The number of carbonyl (C=O) groups excluding carboxylic acids is 1. The molecule has 0 radical (unpaired) electrons. The van der Waals surface area contributed by atoms with E-state index >= 15 is 0 Å². The Morgan fingerprint density at radius 2 is 2.04 bits per heavy atom. The van der Waals surface area contributed by atoms with Crippen LogP contribution in [-0.2, 0) is 4.79 Å². The molecule has 4 heterocycles. The summed E-state index contributed by atoms with van der Waals surface area (Å²) in [5, 5.41) is 6.06. The predicted molar refractivity (Wildman–Crippen MR) is 96.0 cm³/mol. The van der Waals surface area contributed by atoms with Crippen LogP contribution < -0.4 is 20.9 Å². The zero-order valence-electron chi connectivity index (χ0n) is 13.8. The maximum absolute atomic E-state index is 12.1. The molecule has 0 spiro atoms. The van der Waals surface area contributed by atoms with Crippen molar-refractivity contribution in [2.75, 3.05) is 10.6 Å². The number of rotatable bonds is 2. The number of amides is 1. The minimum absolute atomic E-state index is 0.175. The highest BCUT2D eigenvalue weighted by Crippen LogP contribution is 2.33. The summed E-state index contributed by atoms with van der Waals surface area (Å²) in [7, 11) is 0. The van der Waals surface area contributed by atoms with Gasteiger partial charge in [0.1, 0.15) is 22.2 Å². The van der Waals surface area contributed by atoms with Crippen LogP contribution in [0.4, 0.5) is 17.5 Å². The third kappa shape index (κ3) is 2.72. The summed E-state index contributed by atoms with van der Waals surface area (Å²) in [6, 6.07) is 4.81. The lowest BCUT2D eigenvalue weighted by Crippen LogP contribution is -2.46. The van der Waals surface area contributed by atoms with Crippen LogP contribution in [0, 0.1) is 0 Å². The molecule has 0 unspecified atom stereocenters. The largest absolute Gasteiger partial charge is 0.474 e. The standard InChI is InChI=1S/C16H13ClN6O3/c1-16(2)15(25)23-12-8(26-16)3-4-10(21-12)22-13-11-7(5-9(17)20-13)18-6-19-14(11)24/h3-6H,1-2H3,(H,18,19,24)(H2,20,21,22,23,25). The van der Waals surface area contributed by atoms with Gasteiger partial charge in [0, 0.05) is 6.07 Å². The molecular formula is C16H13ClN6O3. The van der Waals surface area contributed by atoms with Crippen LogP contribution in [0.5, 0.6) is 5.75 Å². The molecule has 1 aliphatic rings. The number of H-pyrrole nitrogens is 1. The fourth-order valence-electron chi connectivity index (χ4n) is 2.54. The summed E-state index contributed by atoms with van der Waals surface area (Å²) in [5.41, 5.74) is -0.946. The molecule has 132 valence electrons. The van der Waals surface area contributed by atoms with Crippen LogP contribution >= 0.6 is 11.6 Å². The first-order valence-corrected chi connectivity index (χ1v) is 8.04. The van der Waals surface area contributed by atoms with Crippen LogP contribution in [0.3, 0.4) is 0 Å². The number of halogens is 1. The average molecular weight is 373 g/mol. The minimum atomic E-state index is -0.979. The molecule has 0 atom stereocenters. The van der Waals surface area contributed by atoms with Gasteiger partial charge in [0.05, 0.1) is 11.8 Å². The van der Waals surface area contributed by atoms with Crippen LogP contribution in [0.1, 0.15) is 13.8 Å². The molecule has 26 heavy (non-hydrogen) atoms. The van der Waals surface area contributed by atoms with E-state index in [0.717, 1.165) is 0 Å². The zero-order valence-corrected chi connectivity index (χ0v) is 14.5. The SMILES string of the molecule is CC1(C)Oc2ccc(Nc3nc(Cl)cc4nc[nH]c(=O)c34)nc2NC1=O. The second-order valence-corrected chi connectivity index (χ2v) is 6.54. The number of ether oxygens (including phenoxy) is 1. The summed E-state index contributed by atoms with van der Waals surface area (Å²) in [6.07, 6.45) is 1.29. The first-order valence-electron chi connectivity index (χ1n) is 7.66. The van der Waals surface area contributed by atoms with E-state index in [0.29, 0.717) is 17.1 Å². The Balaban J connectivity index is 1.76. The lowest BCUT2D eigenvalue weighted by atomic mass is 10.1. The fraction of sp³-hybridized carbons (Fsp3) is 0.188. The van der Waals surface area contributed by atoms with E-state index in [2.05, 4.69) is 30.6 Å². The summed E-state index contributed by atoms with van der Waals surface area (Å²) < 4.78 is 5.64. The van der Waals surface area contributed by atoms with Gasteiger partial charge in [0.2, 0.25) is 0 Å². The maximum Gasteiger partial charge on any atom is 0.269 e. The highest BCUT2D eigenvalue weighted by Gasteiger charge is 2.36. The Kier molecular flexibility index (Phi) is 3.55. The molecule has 0 bridgehead atoms. The number of pyridine rings is 2. The van der Waals surface area contributed by atoms with Gasteiger partial charge in [-0.3, -0.25) is 9.59 Å². The van der Waals surface area contributed by atoms with E-state index in [-0.39, 0.29) is 33.6 Å². The van der Waals surface area contributed by atoms with Gasteiger partial charge in [-0.05, 0) is 26.0 Å². The molecule has 1 amide bonds. The quantitative estimate of drug-likeness (QED) is 0.589. The highest BCUT2D eigenvalue weighted by atomic mass is 35.5. The van der Waals surface area contributed by atoms with Crippen molar-refractivity contribution in [3.8, 4) is 5.75 Å². The monoisotopic (exact) mass is 372 g/mol. The van der Waals surface area contributed by atoms with Crippen LogP contribution in [0.2, 0.25) is 5.15 Å². The molecule has 3 N–H and O–H groups in total. The Morgan fingerprint density at radius 3 is 2.85 bits per heavy atom. The number of anilines is 3. The molecule has 0 aromatic carbocycles. The Hall–Kier alpha value is -3.20. The van der Waals surface area contributed by atoms with E-state index in [1.807, 2.05) is 0 Å². The molecular weight excluding hydrogens is 360 g/mol. The molecule has 9 nitrogen and oxygen atoms in total. The van der Waals surface area contributed by atoms with Gasteiger partial charge in [-0.1, -0.05) is 11.6 Å². The molecule has 10 heteroatoms. The number of carbonyl (C=O) groups is 1. The topological polar surface area (TPSA) is 122 Å². The number of aromatic nitrogens is 4. The lowest BCUT2D eigenvalue weighted by molar-refractivity contribution is -0.129. The van der Waals surface area contributed by atoms with Crippen molar-refractivity contribution in [3.63, 3.8) is 0 Å². The molecule has 3 aromatic rings. The van der Waals surface area contributed by atoms with Gasteiger partial charge in [0.25, 0.3) is 11.5 Å². The van der Waals surface area contributed by atoms with Crippen molar-refractivity contribution in [2.24, 2.45) is 0 Å². The Morgan fingerprint density at radius 1 is 1.23 bits per heavy atom. The van der Waals surface area contributed by atoms with Crippen molar-refractivity contribution in [2.45, 2.75) is 19.4 Å². The number of aromatic amines is 1. The Bertz CT molecular complexity index is 1110. The van der Waals surface area contributed by atoms with Gasteiger partial charge >= 0.3 is 0 Å². The van der Waals surface area contributed by atoms with Gasteiger partial charge in [0.15, 0.2) is 17.2 Å². The van der Waals surface area contributed by atoms with E-state index < -0.39 is 5.60 Å². The third-order valence-corrected chi connectivity index (χ3v) is 4.04. The van der Waals surface area contributed by atoms with E-state index in [1.165, 1.54) is 12.4 Å². The number of hydrogen-bond acceptors (Lipinski definition) is 7. The first kappa shape index (κ1) is 16.3. The average Bonchev–Trinajstić information content (AvgIpc) is 2.55. The molecule has 0 fully saturated rings. The van der Waals surface area contributed by atoms with E-state index in [1.54, 1.807) is 26.0 Å². The van der Waals surface area contributed by atoms with Crippen molar-refractivity contribution < 1.29 is 9.53 Å². The van der Waals surface area contributed by atoms with Crippen molar-refractivity contribution in [1.29, 1.82) is 0 Å². The summed E-state index contributed by atoms with van der Waals surface area (Å²) in [4.78, 5) is 39.2. The smallest absolute Gasteiger partial charge is 0.269 e. The van der Waals surface area contributed by atoms with E-state index in [4.69, 9.17) is 16.3 Å². The third-order valence-electron chi connectivity index (χ3n) is 3.84. The Labute approximate surface area is 151 Å². The van der Waals surface area contributed by atoms with Crippen LogP contribution in [-0.4, -0.2) is 31.4 Å². The van der Waals surface area contributed by atoms with Gasteiger partial charge < -0.3 is 20.4 Å². The summed E-state index contributed by atoms with van der Waals surface area (Å²) in [6.45, 7) is 3.33. The van der Waals surface area contributed by atoms with Gasteiger partial charge in [-0.15, -0.1) is 0 Å². The number of nitrogens with one attached hydrogen (secondary N) is 3. The molecule has 0 aliphatic carbocycles. The summed E-state index contributed by atoms with van der Waals surface area (Å²) in [5.74, 6) is 0.979. The molecule has 4 rings (SSSR count). The van der Waals surface area contributed by atoms with Crippen molar-refractivity contribution in [3.05, 3.63) is 40.0 Å². The van der Waals surface area contributed by atoms with Crippen LogP contribution in [0.15, 0.2) is 29.3 Å². The number of fused-ring (bicyclic) bond motifs is 2. The molecule has 3 aromatic heterocycles. The predicted octanol–water partition coefficient (Wildman–Crippen LogP) is 2.22. The minimum Gasteiger partial charge on any atom is -0.474 e. The van der Waals surface area contributed by atoms with Crippen LogP contribution in [0.25, 0.3) is 10.9 Å². The zero-order chi connectivity index (χ0) is 18.5. The van der Waals surface area contributed by atoms with E-state index in [9.17, 15) is 9.59 Å². The second kappa shape index (κ2) is 5.67. The van der Waals surface area contributed by atoms with Crippen molar-refractivity contribution in [1.82, 2.24) is 19.9 Å². The van der Waals surface area contributed by atoms with Crippen molar-refractivity contribution >= 4 is 45.9 Å². The van der Waals surface area contributed by atoms with Gasteiger partial charge in [-0.25, -0.2) is 15.0 Å². The number of hydrogen-bond donors (Lipinski definition) is 3. The maximum atomic E-state index is 12.1. The number of nitrogens with zero attached hydrogens (tertiary/aromatic N) is 3. The normalized spacial score (nSPS) is 15.1. The molecule has 0 saturated heterocycles. The highest BCUT2D eigenvalue weighted by molar-refractivity contribution is 6.30.